The lowest BCUT2D eigenvalue weighted by Gasteiger charge is -2.50. The molecule has 0 bridgehead atoms. The number of nitrogens with zero attached hydrogens (tertiary/aromatic N) is 2. The van der Waals surface area contributed by atoms with E-state index in [1.165, 1.54) is 14.0 Å². The van der Waals surface area contributed by atoms with Crippen LogP contribution in [0.3, 0.4) is 0 Å². The van der Waals surface area contributed by atoms with Crippen LogP contribution in [0.15, 0.2) is 5.16 Å². The summed E-state index contributed by atoms with van der Waals surface area (Å²) in [5.41, 5.74) is -3.22. The molecule has 1 N–H and O–H groups in total. The van der Waals surface area contributed by atoms with Gasteiger partial charge in [-0.05, 0) is 102 Å². The van der Waals surface area contributed by atoms with Crippen LogP contribution >= 0.6 is 0 Å². The minimum atomic E-state index is -1.46. The molecule has 68 heavy (non-hydrogen) atoms. The molecular formula is C50H86N2O16. The molecule has 0 amide bonds. The Bertz CT molecular complexity index is 1730. The highest BCUT2D eigenvalue weighted by Gasteiger charge is 2.60. The van der Waals surface area contributed by atoms with E-state index in [0.717, 1.165) is 19.3 Å². The maximum absolute atomic E-state index is 14.9. The number of fused-ring (bicyclic) bond motifs is 1. The Hall–Kier alpha value is -2.68. The van der Waals surface area contributed by atoms with Crippen LogP contribution in [0.1, 0.15) is 148 Å². The summed E-state index contributed by atoms with van der Waals surface area (Å²) in [6.07, 6.45) is -4.53. The Balaban J connectivity index is 1.73. The van der Waals surface area contributed by atoms with Gasteiger partial charge < -0.3 is 66.9 Å². The van der Waals surface area contributed by atoms with Gasteiger partial charge in [-0.3, -0.25) is 9.59 Å². The molecule has 0 aromatic carbocycles. The van der Waals surface area contributed by atoms with Crippen molar-refractivity contribution in [1.29, 1.82) is 0 Å². The van der Waals surface area contributed by atoms with E-state index in [1.54, 1.807) is 34.8 Å². The van der Waals surface area contributed by atoms with Crippen LogP contribution in [-0.4, -0.2) is 158 Å². The number of cyclic esters (lactones) is 1. The molecule has 18 heteroatoms. The Kier molecular flexibility index (Phi) is 18.9. The zero-order chi connectivity index (χ0) is 50.7. The second-order valence-corrected chi connectivity index (χ2v) is 21.5. The van der Waals surface area contributed by atoms with Gasteiger partial charge in [-0.25, -0.2) is 4.79 Å². The van der Waals surface area contributed by atoms with Crippen molar-refractivity contribution in [2.75, 3.05) is 28.3 Å². The highest BCUT2D eigenvalue weighted by Crippen LogP contribution is 2.45. The van der Waals surface area contributed by atoms with Crippen LogP contribution in [-0.2, 0) is 66.5 Å². The summed E-state index contributed by atoms with van der Waals surface area (Å²) in [5, 5.41) is 16.2. The minimum absolute atomic E-state index is 0.122. The van der Waals surface area contributed by atoms with Gasteiger partial charge in [0.25, 0.3) is 0 Å². The van der Waals surface area contributed by atoms with Crippen LogP contribution in [0.25, 0.3) is 0 Å². The van der Waals surface area contributed by atoms with Gasteiger partial charge in [0.15, 0.2) is 30.4 Å². The van der Waals surface area contributed by atoms with E-state index in [4.69, 9.17) is 62.1 Å². The SMILES string of the molecule is CC[C@H]1OC(=O)[C@H](C)[C@@H](O[C@H]2C[C@@](C)(OC)[C@@H](O)[C@H](C)O2)C(C)[C@@H](O[C@@H]2O[C@H](C)C[C@H](N(C)C)[C@H]2OC(C)=O)[C@](C)(OC)C[C@@H](C)/C(=N\OC2(OC(C)C)CCCCC2)[C@H](C)[C@H]2OC(=O)O[C@@]21C. The number of carbonyl (C=O) groups is 3. The van der Waals surface area contributed by atoms with Crippen molar-refractivity contribution < 1.29 is 76.4 Å². The van der Waals surface area contributed by atoms with Gasteiger partial charge in [0, 0.05) is 58.2 Å². The summed E-state index contributed by atoms with van der Waals surface area (Å²) < 4.78 is 70.8. The fourth-order valence-electron chi connectivity index (χ4n) is 11.6. The van der Waals surface area contributed by atoms with Gasteiger partial charge in [-0.1, -0.05) is 39.3 Å². The fourth-order valence-corrected chi connectivity index (χ4v) is 11.6. The molecule has 0 aromatic rings. The minimum Gasteiger partial charge on any atom is -0.458 e. The molecule has 5 aliphatic rings. The van der Waals surface area contributed by atoms with Crippen LogP contribution in [0.5, 0.6) is 0 Å². The fraction of sp³-hybridized carbons (Fsp3) is 0.920. The van der Waals surface area contributed by atoms with E-state index < -0.39 is 120 Å². The number of methoxy groups -OCH3 is 2. The first-order chi connectivity index (χ1) is 31.8. The van der Waals surface area contributed by atoms with E-state index in [9.17, 15) is 19.5 Å². The van der Waals surface area contributed by atoms with Crippen molar-refractivity contribution in [2.24, 2.45) is 28.8 Å². The smallest absolute Gasteiger partial charge is 0.458 e. The highest BCUT2D eigenvalue weighted by atomic mass is 16.8. The van der Waals surface area contributed by atoms with Gasteiger partial charge in [0.1, 0.15) is 12.2 Å². The Morgan fingerprint density at radius 3 is 2.10 bits per heavy atom. The molecule has 0 spiro atoms. The number of carbonyl (C=O) groups excluding carboxylic acids is 3. The Morgan fingerprint density at radius 2 is 1.53 bits per heavy atom. The normalized spacial score (nSPS) is 43.5. The molecule has 4 saturated heterocycles. The van der Waals surface area contributed by atoms with Crippen LogP contribution in [0, 0.1) is 23.7 Å². The lowest BCUT2D eigenvalue weighted by atomic mass is 9.73. The lowest BCUT2D eigenvalue weighted by Crippen LogP contribution is -2.62. The Labute approximate surface area is 405 Å². The summed E-state index contributed by atoms with van der Waals surface area (Å²) >= 11 is 0. The van der Waals surface area contributed by atoms with Crippen molar-refractivity contribution in [1.82, 2.24) is 4.90 Å². The van der Waals surface area contributed by atoms with Gasteiger partial charge in [0.2, 0.25) is 5.79 Å². The molecule has 5 fully saturated rings. The third kappa shape index (κ3) is 12.3. The van der Waals surface area contributed by atoms with Crippen LogP contribution in [0.2, 0.25) is 0 Å². The first kappa shape index (κ1) is 56.2. The van der Waals surface area contributed by atoms with E-state index >= 15 is 0 Å². The van der Waals surface area contributed by atoms with Crippen LogP contribution < -0.4 is 0 Å². The Morgan fingerprint density at radius 1 is 0.882 bits per heavy atom. The van der Waals surface area contributed by atoms with Crippen molar-refractivity contribution in [3.05, 3.63) is 0 Å². The quantitative estimate of drug-likeness (QED) is 0.0849. The van der Waals surface area contributed by atoms with Gasteiger partial charge in [-0.2, -0.15) is 0 Å². The molecule has 18 atom stereocenters. The van der Waals surface area contributed by atoms with Crippen molar-refractivity contribution in [2.45, 2.75) is 244 Å². The average molecular weight is 971 g/mol. The number of rotatable bonds is 13. The third-order valence-corrected chi connectivity index (χ3v) is 15.4. The lowest BCUT2D eigenvalue weighted by molar-refractivity contribution is -0.320. The maximum Gasteiger partial charge on any atom is 0.509 e. The first-order valence-corrected chi connectivity index (χ1v) is 25.0. The summed E-state index contributed by atoms with van der Waals surface area (Å²) in [6.45, 7) is 23.8. The second-order valence-electron chi connectivity index (χ2n) is 21.5. The molecule has 4 heterocycles. The molecular weight excluding hydrogens is 885 g/mol. The first-order valence-electron chi connectivity index (χ1n) is 25.0. The zero-order valence-corrected chi connectivity index (χ0v) is 44.1. The van der Waals surface area contributed by atoms with Crippen molar-refractivity contribution in [3.8, 4) is 0 Å². The van der Waals surface area contributed by atoms with E-state index in [2.05, 4.69) is 0 Å². The molecule has 1 unspecified atom stereocenters. The number of ether oxygens (including phenoxy) is 11. The summed E-state index contributed by atoms with van der Waals surface area (Å²) in [4.78, 5) is 49.7. The molecule has 392 valence electrons. The second kappa shape index (κ2) is 22.8. The van der Waals surface area contributed by atoms with Gasteiger partial charge in [0.05, 0.1) is 59.4 Å². The monoisotopic (exact) mass is 971 g/mol. The third-order valence-electron chi connectivity index (χ3n) is 15.4. The number of aliphatic hydroxyl groups excluding tert-OH is 1. The zero-order valence-electron chi connectivity index (χ0n) is 44.1. The van der Waals surface area contributed by atoms with E-state index in [-0.39, 0.29) is 37.5 Å². The van der Waals surface area contributed by atoms with Crippen molar-refractivity contribution >= 4 is 23.8 Å². The summed E-state index contributed by atoms with van der Waals surface area (Å²) in [5.74, 6) is -4.96. The molecule has 1 saturated carbocycles. The predicted octanol–water partition coefficient (Wildman–Crippen LogP) is 7.08. The van der Waals surface area contributed by atoms with Crippen LogP contribution in [0.4, 0.5) is 4.79 Å². The molecule has 1 aliphatic carbocycles. The van der Waals surface area contributed by atoms with Crippen molar-refractivity contribution in [3.63, 3.8) is 0 Å². The number of hydrogen-bond acceptors (Lipinski definition) is 18. The number of likely N-dealkylation sites (N-methyl/N-ethyl adjacent to an activating group) is 1. The van der Waals surface area contributed by atoms with E-state index in [0.29, 0.717) is 25.0 Å². The summed E-state index contributed by atoms with van der Waals surface area (Å²) in [6, 6.07) is -0.279. The number of esters is 2. The molecule has 0 aromatic heterocycles. The topological polar surface area (TPSA) is 198 Å². The van der Waals surface area contributed by atoms with Gasteiger partial charge in [-0.15, -0.1) is 0 Å². The molecule has 4 aliphatic heterocycles. The highest BCUT2D eigenvalue weighted by molar-refractivity contribution is 5.89. The van der Waals surface area contributed by atoms with E-state index in [1.807, 2.05) is 74.4 Å². The summed E-state index contributed by atoms with van der Waals surface area (Å²) in [7, 11) is 6.96. The predicted molar refractivity (Wildman–Crippen MR) is 249 cm³/mol. The number of hydrogen-bond donors (Lipinski definition) is 1. The average Bonchev–Trinajstić information content (AvgIpc) is 3.59. The largest absolute Gasteiger partial charge is 0.509 e. The molecule has 18 nitrogen and oxygen atoms in total. The number of oxime groups is 1. The number of aliphatic hydroxyl groups is 1. The van der Waals surface area contributed by atoms with Gasteiger partial charge >= 0.3 is 18.1 Å². The molecule has 0 radical (unpaired) electrons. The molecule has 5 rings (SSSR count). The maximum atomic E-state index is 14.9. The standard InChI is InChI=1S/C50H86N2O16/c1-18-36-49(13)43(65-46(56)67-49)30(6)38(51-68-50(66-27(2)3)22-20-19-21-23-50)28(4)25-48(12,58-17)42(64-45-40(61-34(10)53)35(52(14)15)24-29(5)59-45)31(7)39(32(8)44(55)62-36)63-37-26-47(11,57-16)41(54)33(9)60-37/h27-33,35-37,39-43,45,54H,18-26H2,1-17H3/b51-38+/t28-,29-,30+,31?,32-,33+,35+,36-,37+,39+,40-,41+,42-,43-,45+,47-,48-,49-/m1/s1.